The lowest BCUT2D eigenvalue weighted by Gasteiger charge is -1.85. The van der Waals surface area contributed by atoms with Crippen molar-refractivity contribution in [2.24, 2.45) is 5.73 Å². The van der Waals surface area contributed by atoms with Crippen LogP contribution >= 0.6 is 0 Å². The van der Waals surface area contributed by atoms with Gasteiger partial charge in [0.2, 0.25) is 0 Å². The van der Waals surface area contributed by atoms with Crippen molar-refractivity contribution in [1.82, 2.24) is 4.98 Å². The van der Waals surface area contributed by atoms with Crippen molar-refractivity contribution in [2.45, 2.75) is 6.54 Å². The molecular weight excluding hydrogens is 172 g/mol. The van der Waals surface area contributed by atoms with Gasteiger partial charge in [0, 0.05) is 12.1 Å². The summed E-state index contributed by atoms with van der Waals surface area (Å²) >= 11 is 0. The molecule has 0 aliphatic carbocycles. The van der Waals surface area contributed by atoms with Gasteiger partial charge < -0.3 is 20.2 Å². The number of rotatable bonds is 2. The fraction of sp³-hybridized carbons (Fsp3) is 0.125. The molecule has 68 valence electrons. The van der Waals surface area contributed by atoms with Gasteiger partial charge >= 0.3 is 5.97 Å². The first-order valence-corrected chi connectivity index (χ1v) is 3.75. The second-order valence-electron chi connectivity index (χ2n) is 2.68. The Kier molecular flexibility index (Phi) is 1.60. The second kappa shape index (κ2) is 2.63. The van der Waals surface area contributed by atoms with Crippen molar-refractivity contribution in [3.8, 4) is 0 Å². The molecular formula is C8H8N2O3. The van der Waals surface area contributed by atoms with Gasteiger partial charge in [-0.3, -0.25) is 0 Å². The van der Waals surface area contributed by atoms with Crippen molar-refractivity contribution in [3.05, 3.63) is 23.6 Å². The molecule has 0 unspecified atom stereocenters. The van der Waals surface area contributed by atoms with E-state index in [4.69, 9.17) is 15.3 Å². The maximum atomic E-state index is 10.5. The molecule has 5 heteroatoms. The largest absolute Gasteiger partial charge is 0.477 e. The highest BCUT2D eigenvalue weighted by Crippen LogP contribution is 2.19. The summed E-state index contributed by atoms with van der Waals surface area (Å²) in [7, 11) is 0. The zero-order chi connectivity index (χ0) is 9.42. The first-order valence-electron chi connectivity index (χ1n) is 3.75. The van der Waals surface area contributed by atoms with Crippen LogP contribution in [0.3, 0.4) is 0 Å². The number of hydrogen-bond donors (Lipinski definition) is 3. The van der Waals surface area contributed by atoms with Crippen LogP contribution < -0.4 is 5.73 Å². The summed E-state index contributed by atoms with van der Waals surface area (Å²) in [5, 5.41) is 8.63. The predicted octanol–water partition coefficient (Wildman–Crippen LogP) is 0.918. The molecule has 4 N–H and O–H groups in total. The van der Waals surface area contributed by atoms with E-state index in [-0.39, 0.29) is 5.69 Å². The molecule has 0 saturated carbocycles. The topological polar surface area (TPSA) is 92.2 Å². The highest BCUT2D eigenvalue weighted by atomic mass is 16.4. The number of hydrogen-bond acceptors (Lipinski definition) is 3. The highest BCUT2D eigenvalue weighted by molar-refractivity contribution is 5.91. The Morgan fingerprint density at radius 1 is 1.62 bits per heavy atom. The molecule has 2 aromatic rings. The van der Waals surface area contributed by atoms with E-state index < -0.39 is 5.97 Å². The standard InChI is InChI=1S/C8H8N2O3/c9-3-4-1-5-7(13-4)2-6(10-5)8(11)12/h1-2,10H,3,9H2,(H,11,12). The summed E-state index contributed by atoms with van der Waals surface area (Å²) in [4.78, 5) is 13.2. The molecule has 0 radical (unpaired) electrons. The molecule has 0 aliphatic heterocycles. The minimum Gasteiger partial charge on any atom is -0.477 e. The molecule has 0 aromatic carbocycles. The van der Waals surface area contributed by atoms with Crippen molar-refractivity contribution < 1.29 is 14.3 Å². The minimum absolute atomic E-state index is 0.123. The SMILES string of the molecule is NCc1cc2[nH]c(C(=O)O)cc2o1. The normalized spacial score (nSPS) is 10.8. The van der Waals surface area contributed by atoms with Gasteiger partial charge in [-0.1, -0.05) is 0 Å². The average molecular weight is 180 g/mol. The van der Waals surface area contributed by atoms with Gasteiger partial charge in [0.15, 0.2) is 5.58 Å². The first kappa shape index (κ1) is 7.88. The lowest BCUT2D eigenvalue weighted by Crippen LogP contribution is -1.95. The Balaban J connectivity index is 2.54. The first-order chi connectivity index (χ1) is 6.20. The molecule has 13 heavy (non-hydrogen) atoms. The summed E-state index contributed by atoms with van der Waals surface area (Å²) in [6.45, 7) is 0.310. The number of aromatic nitrogens is 1. The number of nitrogens with one attached hydrogen (secondary N) is 1. The number of H-pyrrole nitrogens is 1. The van der Waals surface area contributed by atoms with E-state index in [9.17, 15) is 4.79 Å². The third-order valence-electron chi connectivity index (χ3n) is 1.79. The predicted molar refractivity (Wildman–Crippen MR) is 45.4 cm³/mol. The Morgan fingerprint density at radius 3 is 2.92 bits per heavy atom. The van der Waals surface area contributed by atoms with Gasteiger partial charge in [0.05, 0.1) is 12.1 Å². The van der Waals surface area contributed by atoms with Gasteiger partial charge in [-0.05, 0) is 0 Å². The molecule has 0 saturated heterocycles. The summed E-state index contributed by atoms with van der Waals surface area (Å²) < 4.78 is 5.23. The maximum absolute atomic E-state index is 10.5. The highest BCUT2D eigenvalue weighted by Gasteiger charge is 2.10. The van der Waals surface area contributed by atoms with Crippen LogP contribution in [0.1, 0.15) is 16.2 Å². The van der Waals surface area contributed by atoms with Crippen LogP contribution in [-0.2, 0) is 6.54 Å². The number of aromatic amines is 1. The number of carbonyl (C=O) groups is 1. The van der Waals surface area contributed by atoms with Crippen LogP contribution in [0.15, 0.2) is 16.5 Å². The molecule has 0 aliphatic rings. The molecule has 5 nitrogen and oxygen atoms in total. The smallest absolute Gasteiger partial charge is 0.352 e. The van der Waals surface area contributed by atoms with Crippen LogP contribution in [-0.4, -0.2) is 16.1 Å². The van der Waals surface area contributed by atoms with Crippen molar-refractivity contribution in [1.29, 1.82) is 0 Å². The number of carboxylic acid groups (broad SMARTS) is 1. The fourth-order valence-electron chi connectivity index (χ4n) is 1.19. The Morgan fingerprint density at radius 2 is 2.38 bits per heavy atom. The van der Waals surface area contributed by atoms with E-state index in [0.29, 0.717) is 23.4 Å². The van der Waals surface area contributed by atoms with E-state index in [2.05, 4.69) is 4.98 Å². The second-order valence-corrected chi connectivity index (χ2v) is 2.68. The number of nitrogens with two attached hydrogens (primary N) is 1. The van der Waals surface area contributed by atoms with Crippen molar-refractivity contribution >= 4 is 17.1 Å². The maximum Gasteiger partial charge on any atom is 0.352 e. The summed E-state index contributed by atoms with van der Waals surface area (Å²) in [6.07, 6.45) is 0. The van der Waals surface area contributed by atoms with Crippen molar-refractivity contribution in [3.63, 3.8) is 0 Å². The van der Waals surface area contributed by atoms with Crippen LogP contribution in [0.25, 0.3) is 11.1 Å². The molecule has 0 amide bonds. The Hall–Kier alpha value is -1.75. The van der Waals surface area contributed by atoms with Gasteiger partial charge in [-0.2, -0.15) is 0 Å². The van der Waals surface area contributed by atoms with Crippen LogP contribution in [0.5, 0.6) is 0 Å². The lowest BCUT2D eigenvalue weighted by molar-refractivity contribution is 0.0691. The van der Waals surface area contributed by atoms with E-state index in [0.717, 1.165) is 0 Å². The van der Waals surface area contributed by atoms with Gasteiger partial charge in [0.1, 0.15) is 11.5 Å². The molecule has 0 spiro atoms. The molecule has 0 fully saturated rings. The third kappa shape index (κ3) is 1.19. The van der Waals surface area contributed by atoms with Gasteiger partial charge in [-0.25, -0.2) is 4.79 Å². The monoisotopic (exact) mass is 180 g/mol. The van der Waals surface area contributed by atoms with Crippen molar-refractivity contribution in [2.75, 3.05) is 0 Å². The molecule has 2 rings (SSSR count). The minimum atomic E-state index is -0.999. The molecule has 2 heterocycles. The van der Waals surface area contributed by atoms with Gasteiger partial charge in [0.25, 0.3) is 0 Å². The third-order valence-corrected chi connectivity index (χ3v) is 1.79. The summed E-state index contributed by atoms with van der Waals surface area (Å²) in [6, 6.07) is 3.14. The van der Waals surface area contributed by atoms with E-state index in [1.54, 1.807) is 6.07 Å². The number of carboxylic acids is 1. The number of fused-ring (bicyclic) bond motifs is 1. The van der Waals surface area contributed by atoms with Gasteiger partial charge in [-0.15, -0.1) is 0 Å². The van der Waals surface area contributed by atoms with E-state index >= 15 is 0 Å². The van der Waals surface area contributed by atoms with E-state index in [1.165, 1.54) is 6.07 Å². The Labute approximate surface area is 73.1 Å². The zero-order valence-electron chi connectivity index (χ0n) is 6.70. The van der Waals surface area contributed by atoms with Crippen LogP contribution in [0.4, 0.5) is 0 Å². The zero-order valence-corrected chi connectivity index (χ0v) is 6.70. The number of furan rings is 1. The average Bonchev–Trinajstić information content (AvgIpc) is 2.58. The quantitative estimate of drug-likeness (QED) is 0.640. The molecule has 2 aromatic heterocycles. The molecule has 0 bridgehead atoms. The fourth-order valence-corrected chi connectivity index (χ4v) is 1.19. The van der Waals surface area contributed by atoms with E-state index in [1.807, 2.05) is 0 Å². The van der Waals surface area contributed by atoms with Crippen LogP contribution in [0, 0.1) is 0 Å². The summed E-state index contributed by atoms with van der Waals surface area (Å²) in [5.41, 5.74) is 6.66. The molecule has 0 atom stereocenters. The van der Waals surface area contributed by atoms with Crippen LogP contribution in [0.2, 0.25) is 0 Å². The summed E-state index contributed by atoms with van der Waals surface area (Å²) in [5.74, 6) is -0.362. The Bertz CT molecular complexity index is 423. The lowest BCUT2D eigenvalue weighted by atomic mass is 10.4. The number of aromatic carboxylic acids is 1.